The number of unbranched alkanes of at least 4 members (excludes halogenated alkanes) is 2. The molecule has 1 aromatic heterocycles. The van der Waals surface area contributed by atoms with Crippen LogP contribution in [-0.2, 0) is 6.54 Å². The zero-order valence-corrected chi connectivity index (χ0v) is 8.69. The van der Waals surface area contributed by atoms with Crippen LogP contribution in [0.4, 0.5) is 0 Å². The van der Waals surface area contributed by atoms with E-state index in [-0.39, 0.29) is 4.87 Å². The molecule has 0 saturated carbocycles. The van der Waals surface area contributed by atoms with Crippen molar-refractivity contribution in [1.82, 2.24) is 10.3 Å². The molecule has 1 aromatic rings. The van der Waals surface area contributed by atoms with Crippen molar-refractivity contribution in [3.05, 3.63) is 20.7 Å². The number of H-pyrrole nitrogens is 1. The molecule has 1 heterocycles. The van der Waals surface area contributed by atoms with E-state index in [1.165, 1.54) is 11.3 Å². The molecule has 0 saturated heterocycles. The summed E-state index contributed by atoms with van der Waals surface area (Å²) in [4.78, 5) is 13.5. The molecule has 0 unspecified atom stereocenters. The number of hydrogen-bond donors (Lipinski definition) is 2. The van der Waals surface area contributed by atoms with E-state index in [9.17, 15) is 4.79 Å². The highest BCUT2D eigenvalue weighted by Crippen LogP contribution is 1.95. The quantitative estimate of drug-likeness (QED) is 0.695. The minimum atomic E-state index is -0.00807. The molecule has 0 spiro atoms. The first-order valence-electron chi connectivity index (χ1n) is 4.57. The molecule has 76 valence electrons. The van der Waals surface area contributed by atoms with Gasteiger partial charge in [0.05, 0.1) is 6.07 Å². The number of nitrogens with one attached hydrogen (secondary N) is 2. The first-order valence-corrected chi connectivity index (χ1v) is 5.45. The molecule has 5 heteroatoms. The molecule has 0 aliphatic rings. The smallest absolute Gasteiger partial charge is 0.304 e. The second kappa shape index (κ2) is 6.35. The molecule has 0 aliphatic heterocycles. The Morgan fingerprint density at radius 1 is 1.57 bits per heavy atom. The summed E-state index contributed by atoms with van der Waals surface area (Å²) in [6.07, 6.45) is 2.56. The van der Waals surface area contributed by atoms with Crippen LogP contribution in [0.2, 0.25) is 0 Å². The van der Waals surface area contributed by atoms with Gasteiger partial charge in [-0.25, -0.2) is 0 Å². The fourth-order valence-corrected chi connectivity index (χ4v) is 1.66. The van der Waals surface area contributed by atoms with E-state index in [0.717, 1.165) is 25.1 Å². The van der Waals surface area contributed by atoms with Crippen molar-refractivity contribution in [3.63, 3.8) is 0 Å². The van der Waals surface area contributed by atoms with Crippen LogP contribution in [0.5, 0.6) is 0 Å². The van der Waals surface area contributed by atoms with Gasteiger partial charge in [0.15, 0.2) is 0 Å². The highest BCUT2D eigenvalue weighted by atomic mass is 32.1. The van der Waals surface area contributed by atoms with Crippen molar-refractivity contribution >= 4 is 11.3 Å². The number of thiazole rings is 1. The lowest BCUT2D eigenvalue weighted by Gasteiger charge is -2.00. The number of nitriles is 1. The maximum Gasteiger partial charge on any atom is 0.304 e. The summed E-state index contributed by atoms with van der Waals surface area (Å²) in [5.41, 5.74) is 0.931. The Kier molecular flexibility index (Phi) is 4.97. The van der Waals surface area contributed by atoms with Crippen LogP contribution in [0.3, 0.4) is 0 Å². The van der Waals surface area contributed by atoms with Gasteiger partial charge in [0.1, 0.15) is 0 Å². The van der Waals surface area contributed by atoms with Crippen LogP contribution in [0, 0.1) is 11.3 Å². The van der Waals surface area contributed by atoms with Gasteiger partial charge < -0.3 is 10.3 Å². The molecule has 0 radical (unpaired) electrons. The molecule has 4 nitrogen and oxygen atoms in total. The standard InChI is InChI=1S/C9H13N3OS/c10-4-2-1-3-5-11-6-8-7-14-9(13)12-8/h7,11H,1-3,5-6H2,(H,12,13). The third-order valence-corrected chi connectivity index (χ3v) is 2.50. The number of rotatable bonds is 6. The van der Waals surface area contributed by atoms with Crippen LogP contribution in [0.15, 0.2) is 10.2 Å². The summed E-state index contributed by atoms with van der Waals surface area (Å²) < 4.78 is 0. The number of hydrogen-bond acceptors (Lipinski definition) is 4. The Bertz CT molecular complexity index is 349. The van der Waals surface area contributed by atoms with Crippen LogP contribution >= 0.6 is 11.3 Å². The molecular weight excluding hydrogens is 198 g/mol. The SMILES string of the molecule is N#CCCCCNCc1csc(=O)[nH]1. The predicted molar refractivity (Wildman–Crippen MR) is 56.1 cm³/mol. The lowest BCUT2D eigenvalue weighted by atomic mass is 10.2. The van der Waals surface area contributed by atoms with Gasteiger partial charge >= 0.3 is 4.87 Å². The first kappa shape index (κ1) is 11.0. The minimum Gasteiger partial charge on any atom is -0.315 e. The Hall–Kier alpha value is -1.12. The molecule has 2 N–H and O–H groups in total. The first-order chi connectivity index (χ1) is 6.83. The normalized spacial score (nSPS) is 9.93. The Balaban J connectivity index is 2.05. The van der Waals surface area contributed by atoms with Crippen LogP contribution in [0.25, 0.3) is 0 Å². The lowest BCUT2D eigenvalue weighted by Crippen LogP contribution is -2.15. The van der Waals surface area contributed by atoms with Crippen molar-refractivity contribution in [2.24, 2.45) is 0 Å². The Morgan fingerprint density at radius 2 is 2.43 bits per heavy atom. The molecule has 1 rings (SSSR count). The monoisotopic (exact) mass is 211 g/mol. The van der Waals surface area contributed by atoms with E-state index in [1.54, 1.807) is 0 Å². The van der Waals surface area contributed by atoms with Gasteiger partial charge in [0.25, 0.3) is 0 Å². The summed E-state index contributed by atoms with van der Waals surface area (Å²) in [5.74, 6) is 0. The summed E-state index contributed by atoms with van der Waals surface area (Å²) >= 11 is 1.18. The number of aromatic nitrogens is 1. The average Bonchev–Trinajstić information content (AvgIpc) is 2.58. The highest BCUT2D eigenvalue weighted by Gasteiger charge is 1.95. The Labute approximate surface area is 86.6 Å². The topological polar surface area (TPSA) is 68.7 Å². The van der Waals surface area contributed by atoms with Gasteiger partial charge in [-0.3, -0.25) is 4.79 Å². The summed E-state index contributed by atoms with van der Waals surface area (Å²) in [5, 5.41) is 13.3. The zero-order chi connectivity index (χ0) is 10.2. The van der Waals surface area contributed by atoms with Gasteiger partial charge in [-0.1, -0.05) is 11.3 Å². The van der Waals surface area contributed by atoms with E-state index < -0.39 is 0 Å². The van der Waals surface area contributed by atoms with E-state index in [2.05, 4.69) is 16.4 Å². The van der Waals surface area contributed by atoms with Crippen molar-refractivity contribution in [2.75, 3.05) is 6.54 Å². The molecule has 0 bridgehead atoms. The molecule has 0 aliphatic carbocycles. The molecule has 0 atom stereocenters. The third-order valence-electron chi connectivity index (χ3n) is 1.78. The minimum absolute atomic E-state index is 0.00807. The maximum atomic E-state index is 10.8. The fourth-order valence-electron chi connectivity index (χ4n) is 1.08. The summed E-state index contributed by atoms with van der Waals surface area (Å²) in [6, 6.07) is 2.11. The largest absolute Gasteiger partial charge is 0.315 e. The van der Waals surface area contributed by atoms with E-state index in [1.807, 2.05) is 5.38 Å². The number of nitrogens with zero attached hydrogens (tertiary/aromatic N) is 1. The predicted octanol–water partition coefficient (Wildman–Crippen LogP) is 1.22. The van der Waals surface area contributed by atoms with Gasteiger partial charge in [0.2, 0.25) is 0 Å². The average molecular weight is 211 g/mol. The van der Waals surface area contributed by atoms with Crippen molar-refractivity contribution in [2.45, 2.75) is 25.8 Å². The second-order valence-corrected chi connectivity index (χ2v) is 3.81. The molecule has 0 fully saturated rings. The molecular formula is C9H13N3OS. The third kappa shape index (κ3) is 4.21. The molecule has 14 heavy (non-hydrogen) atoms. The highest BCUT2D eigenvalue weighted by molar-refractivity contribution is 7.07. The van der Waals surface area contributed by atoms with Crippen LogP contribution < -0.4 is 10.2 Å². The summed E-state index contributed by atoms with van der Waals surface area (Å²) in [6.45, 7) is 1.59. The van der Waals surface area contributed by atoms with Gasteiger partial charge in [-0.15, -0.1) is 0 Å². The van der Waals surface area contributed by atoms with Gasteiger partial charge in [0, 0.05) is 24.0 Å². The number of aromatic amines is 1. The maximum absolute atomic E-state index is 10.8. The lowest BCUT2D eigenvalue weighted by molar-refractivity contribution is 0.623. The fraction of sp³-hybridized carbons (Fsp3) is 0.556. The van der Waals surface area contributed by atoms with Crippen LogP contribution in [-0.4, -0.2) is 11.5 Å². The zero-order valence-electron chi connectivity index (χ0n) is 7.88. The van der Waals surface area contributed by atoms with Crippen molar-refractivity contribution in [3.8, 4) is 6.07 Å². The molecule has 0 aromatic carbocycles. The van der Waals surface area contributed by atoms with Crippen molar-refractivity contribution in [1.29, 1.82) is 5.26 Å². The van der Waals surface area contributed by atoms with E-state index >= 15 is 0 Å². The van der Waals surface area contributed by atoms with Gasteiger partial charge in [-0.2, -0.15) is 5.26 Å². The van der Waals surface area contributed by atoms with Gasteiger partial charge in [-0.05, 0) is 19.4 Å². The van der Waals surface area contributed by atoms with E-state index in [0.29, 0.717) is 13.0 Å². The molecule has 0 amide bonds. The van der Waals surface area contributed by atoms with Crippen molar-refractivity contribution < 1.29 is 0 Å². The second-order valence-electron chi connectivity index (χ2n) is 2.97. The van der Waals surface area contributed by atoms with Crippen LogP contribution in [0.1, 0.15) is 25.0 Å². The van der Waals surface area contributed by atoms with E-state index in [4.69, 9.17) is 5.26 Å². The summed E-state index contributed by atoms with van der Waals surface area (Å²) in [7, 11) is 0. The Morgan fingerprint density at radius 3 is 3.07 bits per heavy atom.